The zero-order chi connectivity index (χ0) is 22.5. The van der Waals surface area contributed by atoms with Crippen LogP contribution in [0.4, 0.5) is 0 Å². The third-order valence-electron chi connectivity index (χ3n) is 6.67. The summed E-state index contributed by atoms with van der Waals surface area (Å²) in [5, 5.41) is 14.2. The Morgan fingerprint density at radius 2 is 1.91 bits per heavy atom. The smallest absolute Gasteiger partial charge is 0.187 e. The lowest BCUT2D eigenvalue weighted by Gasteiger charge is -2.24. The van der Waals surface area contributed by atoms with Crippen LogP contribution in [0, 0.1) is 0 Å². The largest absolute Gasteiger partial charge is 0.326 e. The first-order valence-electron chi connectivity index (χ1n) is 11.3. The monoisotopic (exact) mass is 438 g/mol. The highest BCUT2D eigenvalue weighted by molar-refractivity contribution is 5.85. The van der Waals surface area contributed by atoms with Crippen LogP contribution in [0.15, 0.2) is 61.1 Å². The number of pyridine rings is 2. The lowest BCUT2D eigenvalue weighted by atomic mass is 10.1. The van der Waals surface area contributed by atoms with E-state index in [4.69, 9.17) is 10.7 Å². The molecule has 0 amide bonds. The molecule has 1 saturated heterocycles. The van der Waals surface area contributed by atoms with Crippen molar-refractivity contribution in [1.82, 2.24) is 34.3 Å². The van der Waals surface area contributed by atoms with Gasteiger partial charge in [0.25, 0.3) is 0 Å². The zero-order valence-corrected chi connectivity index (χ0v) is 18.8. The summed E-state index contributed by atoms with van der Waals surface area (Å²) in [5.41, 5.74) is 12.0. The first kappa shape index (κ1) is 20.0. The molecule has 1 aromatic carbocycles. The van der Waals surface area contributed by atoms with E-state index < -0.39 is 0 Å². The van der Waals surface area contributed by atoms with Gasteiger partial charge in [-0.2, -0.15) is 5.10 Å². The van der Waals surface area contributed by atoms with Crippen LogP contribution in [0.5, 0.6) is 0 Å². The second-order valence-corrected chi connectivity index (χ2v) is 8.94. The minimum Gasteiger partial charge on any atom is -0.326 e. The molecule has 0 unspecified atom stereocenters. The molecule has 0 saturated carbocycles. The summed E-state index contributed by atoms with van der Waals surface area (Å²) >= 11 is 0. The molecule has 1 aliphatic rings. The van der Waals surface area contributed by atoms with Gasteiger partial charge in [-0.05, 0) is 42.7 Å². The topological polar surface area (TPSA) is 90.2 Å². The predicted molar refractivity (Wildman–Crippen MR) is 129 cm³/mol. The van der Waals surface area contributed by atoms with Gasteiger partial charge in [0.05, 0.1) is 11.7 Å². The van der Waals surface area contributed by atoms with Gasteiger partial charge in [0.2, 0.25) is 0 Å². The summed E-state index contributed by atoms with van der Waals surface area (Å²) in [6.07, 6.45) is 7.06. The van der Waals surface area contributed by atoms with Crippen molar-refractivity contribution in [3.63, 3.8) is 0 Å². The van der Waals surface area contributed by atoms with Crippen LogP contribution in [0.1, 0.15) is 24.9 Å². The van der Waals surface area contributed by atoms with Crippen LogP contribution in [0.2, 0.25) is 0 Å². The highest BCUT2D eigenvalue weighted by Gasteiger charge is 2.25. The molecule has 0 spiro atoms. The second kappa shape index (κ2) is 7.75. The molecule has 4 aromatic heterocycles. The number of benzene rings is 1. The van der Waals surface area contributed by atoms with Crippen LogP contribution in [0.3, 0.4) is 0 Å². The Balaban J connectivity index is 1.39. The number of nitrogens with zero attached hydrogens (tertiary/aromatic N) is 7. The van der Waals surface area contributed by atoms with Crippen LogP contribution in [0.25, 0.3) is 39.2 Å². The summed E-state index contributed by atoms with van der Waals surface area (Å²) in [6, 6.07) is 15.1. The number of hydrogen-bond donors (Lipinski definition) is 1. The first-order valence-corrected chi connectivity index (χ1v) is 11.3. The molecule has 5 aromatic rings. The Morgan fingerprint density at radius 3 is 2.70 bits per heavy atom. The van der Waals surface area contributed by atoms with E-state index >= 15 is 0 Å². The standard InChI is InChI=1S/C25H26N8/c1-16(32-10-9-21(26)15-32)19-6-8-24-29-30-25(33(24)14-19)22-7-5-17-3-4-18(11-23(17)28-22)20-12-27-31(2)13-20/h3-8,11-14,16,21H,9-10,15,26H2,1-2H3/t16-,21+/m1/s1. The summed E-state index contributed by atoms with van der Waals surface area (Å²) in [4.78, 5) is 7.38. The van der Waals surface area contributed by atoms with Gasteiger partial charge in [-0.15, -0.1) is 10.2 Å². The normalized spacial score (nSPS) is 17.8. The lowest BCUT2D eigenvalue weighted by molar-refractivity contribution is 0.259. The van der Waals surface area contributed by atoms with Gasteiger partial charge in [-0.25, -0.2) is 4.98 Å². The number of nitrogens with two attached hydrogens (primary N) is 1. The number of rotatable bonds is 4. The molecule has 166 valence electrons. The molecule has 1 fully saturated rings. The molecule has 1 aliphatic heterocycles. The molecule has 2 N–H and O–H groups in total. The number of aryl methyl sites for hydroxylation is 1. The fraction of sp³-hybridized carbons (Fsp3) is 0.280. The maximum atomic E-state index is 6.13. The van der Waals surface area contributed by atoms with Gasteiger partial charge in [-0.3, -0.25) is 14.0 Å². The number of hydrogen-bond acceptors (Lipinski definition) is 6. The molecule has 8 nitrogen and oxygen atoms in total. The Morgan fingerprint density at radius 1 is 1.03 bits per heavy atom. The molecule has 0 radical (unpaired) electrons. The van der Waals surface area contributed by atoms with Crippen LogP contribution >= 0.6 is 0 Å². The molecule has 33 heavy (non-hydrogen) atoms. The molecule has 6 rings (SSSR count). The van der Waals surface area contributed by atoms with E-state index in [2.05, 4.69) is 63.6 Å². The van der Waals surface area contributed by atoms with Gasteiger partial charge in [0.15, 0.2) is 11.5 Å². The van der Waals surface area contributed by atoms with E-state index in [1.807, 2.05) is 36.0 Å². The lowest BCUT2D eigenvalue weighted by Crippen LogP contribution is -2.28. The molecule has 2 atom stereocenters. The molecule has 8 heteroatoms. The molecular weight excluding hydrogens is 412 g/mol. The Hall–Kier alpha value is -3.62. The highest BCUT2D eigenvalue weighted by Crippen LogP contribution is 2.28. The average molecular weight is 439 g/mol. The van der Waals surface area contributed by atoms with Crippen molar-refractivity contribution >= 4 is 16.6 Å². The minimum atomic E-state index is 0.264. The quantitative estimate of drug-likeness (QED) is 0.462. The SMILES string of the molecule is C[C@H](c1ccc2nnc(-c3ccc4ccc(-c5cnn(C)c5)cc4n3)n2c1)N1CC[C@H](N)C1. The summed E-state index contributed by atoms with van der Waals surface area (Å²) in [7, 11) is 1.92. The fourth-order valence-electron chi connectivity index (χ4n) is 4.70. The van der Waals surface area contributed by atoms with Crippen LogP contribution < -0.4 is 5.73 Å². The maximum absolute atomic E-state index is 6.13. The van der Waals surface area contributed by atoms with Gasteiger partial charge < -0.3 is 5.73 Å². The minimum absolute atomic E-state index is 0.264. The first-order chi connectivity index (χ1) is 16.0. The predicted octanol–water partition coefficient (Wildman–Crippen LogP) is 3.44. The summed E-state index contributed by atoms with van der Waals surface area (Å²) in [6.45, 7) is 4.19. The highest BCUT2D eigenvalue weighted by atomic mass is 15.3. The zero-order valence-electron chi connectivity index (χ0n) is 18.8. The Bertz CT molecular complexity index is 1470. The van der Waals surface area contributed by atoms with E-state index in [9.17, 15) is 0 Å². The van der Waals surface area contributed by atoms with Crippen molar-refractivity contribution in [2.24, 2.45) is 12.8 Å². The van der Waals surface area contributed by atoms with Crippen molar-refractivity contribution in [2.45, 2.75) is 25.4 Å². The number of fused-ring (bicyclic) bond motifs is 2. The Labute approximate surface area is 191 Å². The molecule has 0 bridgehead atoms. The van der Waals surface area contributed by atoms with Gasteiger partial charge in [0.1, 0.15) is 5.69 Å². The number of aromatic nitrogens is 6. The summed E-state index contributed by atoms with van der Waals surface area (Å²) < 4.78 is 3.85. The fourth-order valence-corrected chi connectivity index (χ4v) is 4.70. The van der Waals surface area contributed by atoms with Crippen molar-refractivity contribution in [2.75, 3.05) is 13.1 Å². The van der Waals surface area contributed by atoms with Crippen molar-refractivity contribution in [1.29, 1.82) is 0 Å². The molecule has 0 aliphatic carbocycles. The molecular formula is C25H26N8. The van der Waals surface area contributed by atoms with E-state index in [-0.39, 0.29) is 12.1 Å². The number of likely N-dealkylation sites (tertiary alicyclic amines) is 1. The van der Waals surface area contributed by atoms with Gasteiger partial charge in [-0.1, -0.05) is 24.3 Å². The van der Waals surface area contributed by atoms with E-state index in [0.717, 1.165) is 58.7 Å². The maximum Gasteiger partial charge on any atom is 0.187 e. The van der Waals surface area contributed by atoms with E-state index in [1.54, 1.807) is 4.68 Å². The van der Waals surface area contributed by atoms with Crippen LogP contribution in [-0.4, -0.2) is 53.4 Å². The van der Waals surface area contributed by atoms with Gasteiger partial charge in [0, 0.05) is 55.6 Å². The van der Waals surface area contributed by atoms with Crippen molar-refractivity contribution < 1.29 is 0 Å². The van der Waals surface area contributed by atoms with Gasteiger partial charge >= 0.3 is 0 Å². The van der Waals surface area contributed by atoms with E-state index in [0.29, 0.717) is 0 Å². The molecule has 5 heterocycles. The average Bonchev–Trinajstić information content (AvgIpc) is 3.57. The summed E-state index contributed by atoms with van der Waals surface area (Å²) in [5.74, 6) is 0.742. The Kier molecular flexibility index (Phi) is 4.70. The van der Waals surface area contributed by atoms with Crippen molar-refractivity contribution in [3.05, 3.63) is 66.6 Å². The second-order valence-electron chi connectivity index (χ2n) is 8.94. The third-order valence-corrected chi connectivity index (χ3v) is 6.67. The van der Waals surface area contributed by atoms with Crippen molar-refractivity contribution in [3.8, 4) is 22.6 Å². The third kappa shape index (κ3) is 3.57. The van der Waals surface area contributed by atoms with Crippen LogP contribution in [-0.2, 0) is 7.05 Å². The van der Waals surface area contributed by atoms with E-state index in [1.165, 1.54) is 5.56 Å².